The summed E-state index contributed by atoms with van der Waals surface area (Å²) in [4.78, 5) is 23.1. The van der Waals surface area contributed by atoms with Gasteiger partial charge in [-0.25, -0.2) is 4.79 Å². The van der Waals surface area contributed by atoms with Crippen LogP contribution in [-0.2, 0) is 4.74 Å². The number of rotatable bonds is 6. The Balaban J connectivity index is 1.35. The molecule has 26 heavy (non-hydrogen) atoms. The molecule has 0 atom stereocenters. The van der Waals surface area contributed by atoms with E-state index in [1.807, 2.05) is 23.4 Å². The summed E-state index contributed by atoms with van der Waals surface area (Å²) in [5, 5.41) is 0. The highest BCUT2D eigenvalue weighted by Gasteiger charge is 2.26. The lowest BCUT2D eigenvalue weighted by Crippen LogP contribution is -2.50. The monoisotopic (exact) mass is 360 g/mol. The van der Waals surface area contributed by atoms with Gasteiger partial charge in [0.15, 0.2) is 0 Å². The van der Waals surface area contributed by atoms with Crippen molar-refractivity contribution in [3.8, 4) is 0 Å². The van der Waals surface area contributed by atoms with Crippen LogP contribution in [0.15, 0.2) is 24.5 Å². The smallest absolute Gasteiger partial charge is 0.409 e. The van der Waals surface area contributed by atoms with Crippen molar-refractivity contribution in [3.63, 3.8) is 0 Å². The maximum atomic E-state index is 12.0. The number of carbonyl (C=O) groups excluding carboxylic acids is 1. The summed E-state index contributed by atoms with van der Waals surface area (Å²) in [7, 11) is 0. The van der Waals surface area contributed by atoms with E-state index < -0.39 is 0 Å². The van der Waals surface area contributed by atoms with Crippen LogP contribution in [-0.4, -0.2) is 73.3 Å². The number of anilines is 1. The minimum absolute atomic E-state index is 0.136. The zero-order chi connectivity index (χ0) is 18.2. The van der Waals surface area contributed by atoms with Gasteiger partial charge >= 0.3 is 6.09 Å². The molecule has 0 unspecified atom stereocenters. The van der Waals surface area contributed by atoms with E-state index >= 15 is 0 Å². The molecular formula is C20H32N4O2. The number of hydrogen-bond acceptors (Lipinski definition) is 5. The second-order valence-electron chi connectivity index (χ2n) is 7.40. The fourth-order valence-electron chi connectivity index (χ4n) is 3.79. The number of nitrogens with zero attached hydrogens (tertiary/aromatic N) is 4. The SMILES string of the molecule is CCCCOC(=O)N1CCN(CC2CCN(c3cccnc3)CC2)CC1. The Hall–Kier alpha value is -1.82. The predicted molar refractivity (Wildman–Crippen MR) is 103 cm³/mol. The molecule has 2 saturated heterocycles. The Morgan fingerprint density at radius 2 is 1.96 bits per heavy atom. The summed E-state index contributed by atoms with van der Waals surface area (Å²) >= 11 is 0. The molecule has 1 aromatic rings. The molecular weight excluding hydrogens is 328 g/mol. The predicted octanol–water partition coefficient (Wildman–Crippen LogP) is 2.85. The Morgan fingerprint density at radius 1 is 1.19 bits per heavy atom. The number of unbranched alkanes of at least 4 members (excludes halogenated alkanes) is 1. The lowest BCUT2D eigenvalue weighted by atomic mass is 9.95. The first-order valence-corrected chi connectivity index (χ1v) is 10.0. The van der Waals surface area contributed by atoms with Gasteiger partial charge in [0.05, 0.1) is 18.5 Å². The molecule has 0 aromatic carbocycles. The Morgan fingerprint density at radius 3 is 2.62 bits per heavy atom. The third-order valence-electron chi connectivity index (χ3n) is 5.50. The number of amides is 1. The molecule has 0 aliphatic carbocycles. The zero-order valence-corrected chi connectivity index (χ0v) is 16.0. The number of aromatic nitrogens is 1. The quantitative estimate of drug-likeness (QED) is 0.730. The molecule has 0 N–H and O–H groups in total. The molecule has 144 valence electrons. The van der Waals surface area contributed by atoms with E-state index in [1.165, 1.54) is 18.5 Å². The second-order valence-corrected chi connectivity index (χ2v) is 7.40. The summed E-state index contributed by atoms with van der Waals surface area (Å²) < 4.78 is 5.32. The van der Waals surface area contributed by atoms with Gasteiger partial charge in [-0.1, -0.05) is 13.3 Å². The number of pyridine rings is 1. The third kappa shape index (κ3) is 5.34. The minimum atomic E-state index is -0.136. The van der Waals surface area contributed by atoms with E-state index in [9.17, 15) is 4.79 Å². The maximum Gasteiger partial charge on any atom is 0.409 e. The summed E-state index contributed by atoms with van der Waals surface area (Å²) in [5.41, 5.74) is 1.24. The van der Waals surface area contributed by atoms with Crippen LogP contribution in [0.5, 0.6) is 0 Å². The van der Waals surface area contributed by atoms with Gasteiger partial charge in [0.25, 0.3) is 0 Å². The fraction of sp³-hybridized carbons (Fsp3) is 0.700. The molecule has 2 fully saturated rings. The molecule has 6 heteroatoms. The van der Waals surface area contributed by atoms with E-state index in [0.29, 0.717) is 6.61 Å². The number of piperazine rings is 1. The summed E-state index contributed by atoms with van der Waals surface area (Å²) in [6.07, 6.45) is 8.11. The van der Waals surface area contributed by atoms with Crippen molar-refractivity contribution in [2.24, 2.45) is 5.92 Å². The van der Waals surface area contributed by atoms with Crippen molar-refractivity contribution >= 4 is 11.8 Å². The summed E-state index contributed by atoms with van der Waals surface area (Å²) in [6, 6.07) is 4.15. The highest BCUT2D eigenvalue weighted by Crippen LogP contribution is 2.23. The molecule has 0 bridgehead atoms. The van der Waals surface area contributed by atoms with Crippen molar-refractivity contribution in [1.29, 1.82) is 0 Å². The first-order chi connectivity index (χ1) is 12.8. The lowest BCUT2D eigenvalue weighted by Gasteiger charge is -2.39. The molecule has 3 heterocycles. The second kappa shape index (κ2) is 9.76. The number of piperidine rings is 1. The first kappa shape index (κ1) is 19.0. The normalized spacial score (nSPS) is 19.6. The Bertz CT molecular complexity index is 538. The Labute approximate surface area is 157 Å². The molecule has 0 radical (unpaired) electrons. The summed E-state index contributed by atoms with van der Waals surface area (Å²) in [5.74, 6) is 0.756. The van der Waals surface area contributed by atoms with Gasteiger partial charge in [0.1, 0.15) is 0 Å². The average Bonchev–Trinajstić information content (AvgIpc) is 2.70. The Kier molecular flexibility index (Phi) is 7.12. The summed E-state index contributed by atoms with van der Waals surface area (Å²) in [6.45, 7) is 9.54. The highest BCUT2D eigenvalue weighted by atomic mass is 16.6. The van der Waals surface area contributed by atoms with Crippen LogP contribution in [0, 0.1) is 5.92 Å². The lowest BCUT2D eigenvalue weighted by molar-refractivity contribution is 0.0701. The first-order valence-electron chi connectivity index (χ1n) is 10.0. The van der Waals surface area contributed by atoms with Crippen LogP contribution >= 0.6 is 0 Å². The van der Waals surface area contributed by atoms with Gasteiger partial charge in [-0.05, 0) is 37.3 Å². The maximum absolute atomic E-state index is 12.0. The van der Waals surface area contributed by atoms with Gasteiger partial charge in [0.2, 0.25) is 0 Å². The van der Waals surface area contributed by atoms with Crippen molar-refractivity contribution in [2.45, 2.75) is 32.6 Å². The minimum Gasteiger partial charge on any atom is -0.449 e. The van der Waals surface area contributed by atoms with Crippen molar-refractivity contribution in [1.82, 2.24) is 14.8 Å². The van der Waals surface area contributed by atoms with E-state index in [2.05, 4.69) is 27.8 Å². The van der Waals surface area contributed by atoms with E-state index in [-0.39, 0.29) is 6.09 Å². The topological polar surface area (TPSA) is 48.9 Å². The molecule has 1 amide bonds. The number of ether oxygens (including phenoxy) is 1. The molecule has 2 aliphatic rings. The molecule has 3 rings (SSSR count). The zero-order valence-electron chi connectivity index (χ0n) is 16.0. The standard InChI is InChI=1S/C20H32N4O2/c1-2-3-15-26-20(25)24-13-11-22(12-14-24)17-18-6-9-23(10-7-18)19-5-4-8-21-16-19/h4-5,8,16,18H,2-3,6-7,9-15,17H2,1H3. The van der Waals surface area contributed by atoms with Gasteiger partial charge in [0, 0.05) is 52.0 Å². The van der Waals surface area contributed by atoms with Crippen LogP contribution < -0.4 is 4.90 Å². The van der Waals surface area contributed by atoms with Crippen molar-refractivity contribution in [2.75, 3.05) is 57.3 Å². The number of carbonyl (C=O) groups is 1. The molecule has 2 aliphatic heterocycles. The largest absolute Gasteiger partial charge is 0.449 e. The van der Waals surface area contributed by atoms with Crippen LogP contribution in [0.2, 0.25) is 0 Å². The highest BCUT2D eigenvalue weighted by molar-refractivity contribution is 5.67. The average molecular weight is 361 g/mol. The van der Waals surface area contributed by atoms with Gasteiger partial charge < -0.3 is 14.5 Å². The van der Waals surface area contributed by atoms with Crippen molar-refractivity contribution in [3.05, 3.63) is 24.5 Å². The number of hydrogen-bond donors (Lipinski definition) is 0. The molecule has 1 aromatic heterocycles. The fourth-order valence-corrected chi connectivity index (χ4v) is 3.79. The van der Waals surface area contributed by atoms with Crippen molar-refractivity contribution < 1.29 is 9.53 Å². The van der Waals surface area contributed by atoms with Crippen LogP contribution in [0.25, 0.3) is 0 Å². The van der Waals surface area contributed by atoms with Crippen LogP contribution in [0.3, 0.4) is 0 Å². The van der Waals surface area contributed by atoms with Crippen LogP contribution in [0.4, 0.5) is 10.5 Å². The van der Waals surface area contributed by atoms with E-state index in [1.54, 1.807) is 0 Å². The van der Waals surface area contributed by atoms with Gasteiger partial charge in [-0.15, -0.1) is 0 Å². The molecule has 6 nitrogen and oxygen atoms in total. The molecule has 0 saturated carbocycles. The third-order valence-corrected chi connectivity index (χ3v) is 5.50. The van der Waals surface area contributed by atoms with Gasteiger partial charge in [-0.2, -0.15) is 0 Å². The van der Waals surface area contributed by atoms with E-state index in [0.717, 1.165) is 64.6 Å². The van der Waals surface area contributed by atoms with Crippen LogP contribution in [0.1, 0.15) is 32.6 Å². The molecule has 0 spiro atoms. The van der Waals surface area contributed by atoms with E-state index in [4.69, 9.17) is 4.74 Å². The van der Waals surface area contributed by atoms with Gasteiger partial charge in [-0.3, -0.25) is 9.88 Å².